The molecule has 9 nitrogen and oxygen atoms in total. The van der Waals surface area contributed by atoms with Crippen LogP contribution in [0.3, 0.4) is 0 Å². The van der Waals surface area contributed by atoms with E-state index in [-0.39, 0.29) is 24.6 Å². The molecular weight excluding hydrogens is 428 g/mol. The summed E-state index contributed by atoms with van der Waals surface area (Å²) in [4.78, 5) is 51.6. The van der Waals surface area contributed by atoms with Crippen LogP contribution in [0.1, 0.15) is 41.9 Å². The summed E-state index contributed by atoms with van der Waals surface area (Å²) in [5, 5.41) is 2.54. The number of ether oxygens (including phenoxy) is 2. The van der Waals surface area contributed by atoms with E-state index in [4.69, 9.17) is 13.9 Å². The van der Waals surface area contributed by atoms with E-state index < -0.39 is 42.4 Å². The smallest absolute Gasteiger partial charge is 0.329 e. The highest BCUT2D eigenvalue weighted by molar-refractivity contribution is 5.95. The molecule has 0 saturated carbocycles. The number of nitrogens with zero attached hydrogens (tertiary/aromatic N) is 1. The van der Waals surface area contributed by atoms with Gasteiger partial charge in [0.25, 0.3) is 11.8 Å². The van der Waals surface area contributed by atoms with Crippen LogP contribution in [0.5, 0.6) is 0 Å². The molecule has 176 valence electrons. The minimum Gasteiger partial charge on any atom is -0.467 e. The Kier molecular flexibility index (Phi) is 7.87. The molecule has 1 aliphatic rings. The average Bonchev–Trinajstić information content (AvgIpc) is 3.35. The molecule has 2 atom stereocenters. The van der Waals surface area contributed by atoms with Crippen molar-refractivity contribution in [2.75, 3.05) is 13.7 Å². The molecule has 0 fully saturated rings. The van der Waals surface area contributed by atoms with Crippen molar-refractivity contribution >= 4 is 23.8 Å². The van der Waals surface area contributed by atoms with Gasteiger partial charge in [-0.25, -0.2) is 9.59 Å². The van der Waals surface area contributed by atoms with Crippen LogP contribution in [0.4, 0.5) is 0 Å². The van der Waals surface area contributed by atoms with Gasteiger partial charge in [0.1, 0.15) is 12.1 Å². The zero-order valence-electron chi connectivity index (χ0n) is 18.9. The van der Waals surface area contributed by atoms with Crippen molar-refractivity contribution in [3.8, 4) is 0 Å². The summed E-state index contributed by atoms with van der Waals surface area (Å²) in [5.74, 6) is -2.09. The molecule has 1 aromatic carbocycles. The molecule has 0 radical (unpaired) electrons. The van der Waals surface area contributed by atoms with Crippen LogP contribution < -0.4 is 5.32 Å². The number of rotatable bonds is 8. The highest BCUT2D eigenvalue weighted by Gasteiger charge is 2.37. The zero-order valence-corrected chi connectivity index (χ0v) is 18.9. The van der Waals surface area contributed by atoms with Crippen LogP contribution in [0.15, 0.2) is 47.1 Å². The first-order valence-electron chi connectivity index (χ1n) is 10.7. The summed E-state index contributed by atoms with van der Waals surface area (Å²) < 4.78 is 15.2. The van der Waals surface area contributed by atoms with E-state index in [1.54, 1.807) is 6.07 Å². The summed E-state index contributed by atoms with van der Waals surface area (Å²) in [6.45, 7) is 3.45. The van der Waals surface area contributed by atoms with E-state index >= 15 is 0 Å². The minimum atomic E-state index is -0.919. The fourth-order valence-corrected chi connectivity index (χ4v) is 3.79. The SMILES string of the molecule is COC(=O)C(CC(C)C)NC(=O)COC(=O)[C@@H]1Cc2ccccc2CN1C(=O)c1ccco1. The molecule has 1 aromatic heterocycles. The number of fused-ring (bicyclic) bond motifs is 1. The monoisotopic (exact) mass is 456 g/mol. The molecule has 0 bridgehead atoms. The molecule has 1 N–H and O–H groups in total. The molecule has 1 aliphatic heterocycles. The first-order chi connectivity index (χ1) is 15.8. The summed E-state index contributed by atoms with van der Waals surface area (Å²) >= 11 is 0. The van der Waals surface area contributed by atoms with Crippen molar-refractivity contribution in [2.45, 2.75) is 45.3 Å². The lowest BCUT2D eigenvalue weighted by molar-refractivity contribution is -0.154. The first kappa shape index (κ1) is 24.0. The molecular formula is C24H28N2O7. The molecule has 0 saturated heterocycles. The number of methoxy groups -OCH3 is 1. The summed E-state index contributed by atoms with van der Waals surface area (Å²) in [6.07, 6.45) is 2.02. The topological polar surface area (TPSA) is 115 Å². The van der Waals surface area contributed by atoms with Crippen LogP contribution in [0.25, 0.3) is 0 Å². The van der Waals surface area contributed by atoms with Gasteiger partial charge in [0.2, 0.25) is 0 Å². The Labute approximate surface area is 192 Å². The maximum absolute atomic E-state index is 13.0. The summed E-state index contributed by atoms with van der Waals surface area (Å²) in [6, 6.07) is 8.89. The van der Waals surface area contributed by atoms with Crippen LogP contribution in [-0.4, -0.2) is 54.5 Å². The van der Waals surface area contributed by atoms with Gasteiger partial charge in [0.05, 0.1) is 13.4 Å². The van der Waals surface area contributed by atoms with Crippen LogP contribution >= 0.6 is 0 Å². The van der Waals surface area contributed by atoms with Crippen molar-refractivity contribution in [1.82, 2.24) is 10.2 Å². The Morgan fingerprint density at radius 2 is 1.85 bits per heavy atom. The number of nitrogens with one attached hydrogen (secondary N) is 1. The second-order valence-corrected chi connectivity index (χ2v) is 8.28. The molecule has 9 heteroatoms. The third-order valence-electron chi connectivity index (χ3n) is 5.39. The van der Waals surface area contributed by atoms with Gasteiger partial charge in [-0.1, -0.05) is 38.1 Å². The standard InChI is InChI=1S/C24H28N2O7/c1-15(2)11-18(23(29)31-3)25-21(27)14-33-24(30)19-12-16-7-4-5-8-17(16)13-26(19)22(28)20-9-6-10-32-20/h4-10,15,18-19H,11-14H2,1-3H3,(H,25,27)/t18?,19-/m0/s1. The Hall–Kier alpha value is -3.62. The van der Waals surface area contributed by atoms with Crippen molar-refractivity contribution < 1.29 is 33.1 Å². The number of furan rings is 1. The van der Waals surface area contributed by atoms with E-state index in [1.165, 1.54) is 24.3 Å². The lowest BCUT2D eigenvalue weighted by Crippen LogP contribution is -2.50. The van der Waals surface area contributed by atoms with Crippen molar-refractivity contribution in [1.29, 1.82) is 0 Å². The second kappa shape index (κ2) is 10.8. The number of hydrogen-bond donors (Lipinski definition) is 1. The van der Waals surface area contributed by atoms with Gasteiger partial charge in [-0.3, -0.25) is 9.59 Å². The fourth-order valence-electron chi connectivity index (χ4n) is 3.79. The van der Waals surface area contributed by atoms with E-state index in [0.717, 1.165) is 11.1 Å². The number of hydrogen-bond acceptors (Lipinski definition) is 7. The van der Waals surface area contributed by atoms with Crippen LogP contribution in [-0.2, 0) is 36.8 Å². The molecule has 2 amide bonds. The van der Waals surface area contributed by atoms with Crippen LogP contribution in [0.2, 0.25) is 0 Å². The second-order valence-electron chi connectivity index (χ2n) is 8.28. The normalized spacial score (nSPS) is 16.0. The van der Waals surface area contributed by atoms with Gasteiger partial charge in [0, 0.05) is 13.0 Å². The maximum Gasteiger partial charge on any atom is 0.329 e. The molecule has 0 aliphatic carbocycles. The van der Waals surface area contributed by atoms with Gasteiger partial charge < -0.3 is 24.1 Å². The van der Waals surface area contributed by atoms with E-state index in [0.29, 0.717) is 6.42 Å². The lowest BCUT2D eigenvalue weighted by Gasteiger charge is -2.34. The predicted octanol–water partition coefficient (Wildman–Crippen LogP) is 2.09. The summed E-state index contributed by atoms with van der Waals surface area (Å²) in [7, 11) is 1.24. The molecule has 2 heterocycles. The summed E-state index contributed by atoms with van der Waals surface area (Å²) in [5.41, 5.74) is 1.85. The van der Waals surface area contributed by atoms with Crippen LogP contribution in [0, 0.1) is 5.92 Å². The molecule has 1 unspecified atom stereocenters. The lowest BCUT2D eigenvalue weighted by atomic mass is 9.93. The quantitative estimate of drug-likeness (QED) is 0.605. The predicted molar refractivity (Wildman–Crippen MR) is 117 cm³/mol. The highest BCUT2D eigenvalue weighted by atomic mass is 16.5. The number of benzene rings is 1. The first-order valence-corrected chi connectivity index (χ1v) is 10.7. The van der Waals surface area contributed by atoms with E-state index in [2.05, 4.69) is 5.32 Å². The van der Waals surface area contributed by atoms with Gasteiger partial charge in [-0.05, 0) is 35.6 Å². The molecule has 0 spiro atoms. The highest BCUT2D eigenvalue weighted by Crippen LogP contribution is 2.26. The third kappa shape index (κ3) is 6.00. The third-order valence-corrected chi connectivity index (χ3v) is 5.39. The zero-order chi connectivity index (χ0) is 24.0. The van der Waals surface area contributed by atoms with E-state index in [1.807, 2.05) is 38.1 Å². The Morgan fingerprint density at radius 3 is 2.48 bits per heavy atom. The minimum absolute atomic E-state index is 0.111. The number of carbonyl (C=O) groups excluding carboxylic acids is 4. The number of carbonyl (C=O) groups is 4. The Balaban J connectivity index is 1.69. The van der Waals surface area contributed by atoms with Gasteiger partial charge in [-0.15, -0.1) is 0 Å². The van der Waals surface area contributed by atoms with Gasteiger partial charge in [0.15, 0.2) is 12.4 Å². The van der Waals surface area contributed by atoms with Crippen molar-refractivity contribution in [2.24, 2.45) is 5.92 Å². The molecule has 2 aromatic rings. The molecule has 33 heavy (non-hydrogen) atoms. The number of amides is 2. The Morgan fingerprint density at radius 1 is 1.12 bits per heavy atom. The maximum atomic E-state index is 13.0. The fraction of sp³-hybridized carbons (Fsp3) is 0.417. The van der Waals surface area contributed by atoms with Crippen molar-refractivity contribution in [3.63, 3.8) is 0 Å². The number of esters is 2. The van der Waals surface area contributed by atoms with Crippen molar-refractivity contribution in [3.05, 3.63) is 59.5 Å². The largest absolute Gasteiger partial charge is 0.467 e. The van der Waals surface area contributed by atoms with Gasteiger partial charge in [-0.2, -0.15) is 0 Å². The van der Waals surface area contributed by atoms with Gasteiger partial charge >= 0.3 is 11.9 Å². The molecule has 3 rings (SSSR count). The Bertz CT molecular complexity index is 1000. The van der Waals surface area contributed by atoms with E-state index in [9.17, 15) is 19.2 Å². The average molecular weight is 456 g/mol.